The number of likely N-dealkylation sites (N-methyl/N-ethyl adjacent to an activating group) is 1. The maximum Gasteiger partial charge on any atom is 0.279 e. The average molecular weight is 374 g/mol. The van der Waals surface area contributed by atoms with Crippen molar-refractivity contribution >= 4 is 23.2 Å². The zero-order valence-electron chi connectivity index (χ0n) is 16.2. The predicted octanol–water partition coefficient (Wildman–Crippen LogP) is 1.70. The standard InChI is InChI=1S/C20H24FN3O3/c1-11-18(14(4)25)12(2)22-19(11)20(27)13(3)24(5)10-17(26)23-16-8-6-7-15(21)9-16/h6-9,13,22H,10H2,1-5H3,(H,23,26)/p+1/t13-/m0/s1. The second-order valence-electron chi connectivity index (χ2n) is 6.85. The number of aryl methyl sites for hydroxylation is 1. The largest absolute Gasteiger partial charge is 0.355 e. The third-order valence-corrected chi connectivity index (χ3v) is 4.72. The molecular weight excluding hydrogens is 349 g/mol. The summed E-state index contributed by atoms with van der Waals surface area (Å²) in [4.78, 5) is 40.5. The Bertz CT molecular complexity index is 889. The number of amides is 1. The van der Waals surface area contributed by atoms with Crippen molar-refractivity contribution in [2.24, 2.45) is 0 Å². The third-order valence-electron chi connectivity index (χ3n) is 4.72. The van der Waals surface area contributed by atoms with Gasteiger partial charge in [0.1, 0.15) is 5.82 Å². The molecule has 0 bridgehead atoms. The average Bonchev–Trinajstić information content (AvgIpc) is 2.87. The number of anilines is 1. The summed E-state index contributed by atoms with van der Waals surface area (Å²) in [5, 5.41) is 2.62. The number of H-pyrrole nitrogens is 1. The smallest absolute Gasteiger partial charge is 0.279 e. The van der Waals surface area contributed by atoms with Crippen LogP contribution in [0.4, 0.5) is 10.1 Å². The molecule has 1 amide bonds. The van der Waals surface area contributed by atoms with Crippen molar-refractivity contribution in [2.75, 3.05) is 18.9 Å². The number of hydrogen-bond donors (Lipinski definition) is 3. The fraction of sp³-hybridized carbons (Fsp3) is 0.350. The minimum absolute atomic E-state index is 0.0434. The van der Waals surface area contributed by atoms with Crippen molar-refractivity contribution in [3.05, 3.63) is 52.6 Å². The molecule has 7 heteroatoms. The Morgan fingerprint density at radius 3 is 2.48 bits per heavy atom. The van der Waals surface area contributed by atoms with E-state index in [1.165, 1.54) is 25.1 Å². The number of Topliss-reactive ketones (excluding diaryl/α,β-unsaturated/α-hetero) is 2. The van der Waals surface area contributed by atoms with Gasteiger partial charge in [0.05, 0.1) is 12.7 Å². The number of aromatic amines is 1. The van der Waals surface area contributed by atoms with Crippen molar-refractivity contribution in [3.8, 4) is 0 Å². The Balaban J connectivity index is 2.07. The van der Waals surface area contributed by atoms with Gasteiger partial charge in [0.25, 0.3) is 5.91 Å². The molecule has 0 spiro atoms. The van der Waals surface area contributed by atoms with Gasteiger partial charge in [0.15, 0.2) is 18.4 Å². The Labute approximate surface area is 157 Å². The topological polar surface area (TPSA) is 83.5 Å². The van der Waals surface area contributed by atoms with E-state index in [-0.39, 0.29) is 24.0 Å². The maximum absolute atomic E-state index is 13.2. The summed E-state index contributed by atoms with van der Waals surface area (Å²) in [5.41, 5.74) is 2.60. The number of carbonyl (C=O) groups is 3. The molecule has 1 aromatic carbocycles. The lowest BCUT2D eigenvalue weighted by molar-refractivity contribution is -0.885. The molecule has 0 fully saturated rings. The number of halogens is 1. The fourth-order valence-electron chi connectivity index (χ4n) is 3.14. The van der Waals surface area contributed by atoms with Crippen LogP contribution in [0.3, 0.4) is 0 Å². The van der Waals surface area contributed by atoms with Crippen LogP contribution >= 0.6 is 0 Å². The normalized spacial score (nSPS) is 13.1. The van der Waals surface area contributed by atoms with E-state index < -0.39 is 11.9 Å². The first-order valence-electron chi connectivity index (χ1n) is 8.73. The minimum Gasteiger partial charge on any atom is -0.355 e. The molecule has 2 rings (SSSR count). The highest BCUT2D eigenvalue weighted by Crippen LogP contribution is 2.19. The van der Waals surface area contributed by atoms with Gasteiger partial charge in [-0.2, -0.15) is 0 Å². The van der Waals surface area contributed by atoms with Gasteiger partial charge in [-0.25, -0.2) is 4.39 Å². The summed E-state index contributed by atoms with van der Waals surface area (Å²) >= 11 is 0. The molecule has 2 aromatic rings. The second kappa shape index (κ2) is 8.26. The molecule has 0 saturated heterocycles. The van der Waals surface area contributed by atoms with Crippen molar-refractivity contribution < 1.29 is 23.7 Å². The van der Waals surface area contributed by atoms with Gasteiger partial charge in [0, 0.05) is 16.9 Å². The quantitative estimate of drug-likeness (QED) is 0.645. The molecule has 6 nitrogen and oxygen atoms in total. The molecule has 3 N–H and O–H groups in total. The number of nitrogens with one attached hydrogen (secondary N) is 3. The molecule has 1 unspecified atom stereocenters. The molecule has 1 heterocycles. The van der Waals surface area contributed by atoms with Gasteiger partial charge in [-0.15, -0.1) is 0 Å². The Morgan fingerprint density at radius 1 is 1.26 bits per heavy atom. The fourth-order valence-corrected chi connectivity index (χ4v) is 3.14. The van der Waals surface area contributed by atoms with Gasteiger partial charge in [-0.1, -0.05) is 6.07 Å². The number of benzene rings is 1. The molecule has 0 aliphatic rings. The van der Waals surface area contributed by atoms with Crippen LogP contribution in [0.1, 0.15) is 46.0 Å². The first-order valence-corrected chi connectivity index (χ1v) is 8.73. The third kappa shape index (κ3) is 4.68. The summed E-state index contributed by atoms with van der Waals surface area (Å²) in [5.74, 6) is -1.01. The molecule has 0 saturated carbocycles. The summed E-state index contributed by atoms with van der Waals surface area (Å²) in [6.07, 6.45) is 0. The van der Waals surface area contributed by atoms with Gasteiger partial charge >= 0.3 is 0 Å². The van der Waals surface area contributed by atoms with E-state index in [0.29, 0.717) is 33.1 Å². The zero-order chi connectivity index (χ0) is 20.3. The van der Waals surface area contributed by atoms with Crippen LogP contribution in [-0.4, -0.2) is 42.1 Å². The maximum atomic E-state index is 13.2. The van der Waals surface area contributed by atoms with Crippen LogP contribution in [-0.2, 0) is 4.79 Å². The van der Waals surface area contributed by atoms with E-state index in [4.69, 9.17) is 0 Å². The molecule has 0 aliphatic heterocycles. The number of carbonyl (C=O) groups excluding carboxylic acids is 3. The van der Waals surface area contributed by atoms with E-state index in [2.05, 4.69) is 10.3 Å². The van der Waals surface area contributed by atoms with E-state index >= 15 is 0 Å². The number of hydrogen-bond acceptors (Lipinski definition) is 3. The molecule has 1 aromatic heterocycles. The Kier molecular flexibility index (Phi) is 6.28. The van der Waals surface area contributed by atoms with Crippen molar-refractivity contribution in [1.29, 1.82) is 0 Å². The highest BCUT2D eigenvalue weighted by atomic mass is 19.1. The molecule has 27 heavy (non-hydrogen) atoms. The molecule has 0 aliphatic carbocycles. The second-order valence-corrected chi connectivity index (χ2v) is 6.85. The summed E-state index contributed by atoms with van der Waals surface area (Å²) in [6.45, 7) is 6.74. The van der Waals surface area contributed by atoms with E-state index in [9.17, 15) is 18.8 Å². The monoisotopic (exact) mass is 374 g/mol. The summed E-state index contributed by atoms with van der Waals surface area (Å²) in [6, 6.07) is 5.13. The Hall–Kier alpha value is -2.80. The van der Waals surface area contributed by atoms with Gasteiger partial charge in [-0.05, 0) is 51.5 Å². The van der Waals surface area contributed by atoms with Gasteiger partial charge < -0.3 is 15.2 Å². The lowest BCUT2D eigenvalue weighted by atomic mass is 10.0. The highest BCUT2D eigenvalue weighted by molar-refractivity contribution is 6.04. The molecule has 0 radical (unpaired) electrons. The highest BCUT2D eigenvalue weighted by Gasteiger charge is 2.29. The summed E-state index contributed by atoms with van der Waals surface area (Å²) < 4.78 is 13.2. The lowest BCUT2D eigenvalue weighted by Gasteiger charge is -2.20. The predicted molar refractivity (Wildman–Crippen MR) is 101 cm³/mol. The van der Waals surface area contributed by atoms with Gasteiger partial charge in [0.2, 0.25) is 5.78 Å². The Morgan fingerprint density at radius 2 is 1.93 bits per heavy atom. The van der Waals surface area contributed by atoms with E-state index in [1.54, 1.807) is 33.9 Å². The number of ketones is 2. The molecule has 2 atom stereocenters. The summed E-state index contributed by atoms with van der Waals surface area (Å²) in [7, 11) is 1.74. The number of rotatable bonds is 7. The minimum atomic E-state index is -0.500. The van der Waals surface area contributed by atoms with Crippen LogP contribution in [0.5, 0.6) is 0 Å². The molecular formula is C20H25FN3O3+. The lowest BCUT2D eigenvalue weighted by Crippen LogP contribution is -3.14. The first kappa shape index (κ1) is 20.5. The van der Waals surface area contributed by atoms with Crippen LogP contribution in [0.15, 0.2) is 24.3 Å². The zero-order valence-corrected chi connectivity index (χ0v) is 16.2. The van der Waals surface area contributed by atoms with Crippen molar-refractivity contribution in [3.63, 3.8) is 0 Å². The van der Waals surface area contributed by atoms with E-state index in [1.807, 2.05) is 0 Å². The molecule has 144 valence electrons. The van der Waals surface area contributed by atoms with E-state index in [0.717, 1.165) is 0 Å². The number of quaternary nitrogens is 1. The number of aromatic nitrogens is 1. The van der Waals surface area contributed by atoms with Crippen LogP contribution < -0.4 is 10.2 Å². The van der Waals surface area contributed by atoms with Gasteiger partial charge in [-0.3, -0.25) is 14.4 Å². The first-order chi connectivity index (χ1) is 12.6. The van der Waals surface area contributed by atoms with Crippen LogP contribution in [0.25, 0.3) is 0 Å². The van der Waals surface area contributed by atoms with Crippen molar-refractivity contribution in [1.82, 2.24) is 4.98 Å². The van der Waals surface area contributed by atoms with Crippen LogP contribution in [0.2, 0.25) is 0 Å². The van der Waals surface area contributed by atoms with Crippen LogP contribution in [0, 0.1) is 19.7 Å². The SMILES string of the molecule is CC(=O)c1c(C)[nH]c(C(=O)[C@H](C)[NH+](C)CC(=O)Nc2cccc(F)c2)c1C. The van der Waals surface area contributed by atoms with Crippen molar-refractivity contribution in [2.45, 2.75) is 33.7 Å².